The number of carbonyl (C=O) groups excluding carboxylic acids is 1. The second kappa shape index (κ2) is 6.94. The van der Waals surface area contributed by atoms with Gasteiger partial charge >= 0.3 is 0 Å². The summed E-state index contributed by atoms with van der Waals surface area (Å²) in [6.45, 7) is 1.88. The molecule has 0 aliphatic heterocycles. The normalized spacial score (nSPS) is 12.1. The van der Waals surface area contributed by atoms with Gasteiger partial charge in [-0.2, -0.15) is 5.10 Å². The fraction of sp³-hybridized carbons (Fsp3) is 0.308. The number of H-pyrrole nitrogens is 1. The minimum atomic E-state index is -0.146. The van der Waals surface area contributed by atoms with Gasteiger partial charge in [-0.25, -0.2) is 4.98 Å². The molecular formula is C13H16N4OS. The largest absolute Gasteiger partial charge is 0.346 e. The summed E-state index contributed by atoms with van der Waals surface area (Å²) in [6.07, 6.45) is 1.43. The van der Waals surface area contributed by atoms with Crippen molar-refractivity contribution < 1.29 is 4.79 Å². The van der Waals surface area contributed by atoms with Crippen molar-refractivity contribution in [2.75, 3.05) is 5.75 Å². The van der Waals surface area contributed by atoms with Crippen molar-refractivity contribution in [2.45, 2.75) is 18.7 Å². The van der Waals surface area contributed by atoms with Crippen LogP contribution >= 0.6 is 11.8 Å². The molecule has 0 bridgehead atoms. The highest BCUT2D eigenvalue weighted by Crippen LogP contribution is 2.12. The average Bonchev–Trinajstić information content (AvgIpc) is 2.94. The predicted octanol–water partition coefficient (Wildman–Crippen LogP) is 1.92. The van der Waals surface area contributed by atoms with Gasteiger partial charge in [0.05, 0.1) is 11.8 Å². The van der Waals surface area contributed by atoms with Gasteiger partial charge < -0.3 is 5.32 Å². The number of hydrogen-bond donors (Lipinski definition) is 2. The number of carbonyl (C=O) groups is 1. The number of nitrogens with zero attached hydrogens (tertiary/aromatic N) is 2. The molecule has 1 heterocycles. The first-order valence-corrected chi connectivity index (χ1v) is 7.17. The van der Waals surface area contributed by atoms with E-state index in [-0.39, 0.29) is 11.9 Å². The SMILES string of the molecule is CC(NC(=O)CSCc1ccccc1)c1ncn[nH]1. The molecule has 2 aromatic rings. The van der Waals surface area contributed by atoms with Crippen LogP contribution in [0.2, 0.25) is 0 Å². The fourth-order valence-corrected chi connectivity index (χ4v) is 2.41. The third-order valence-electron chi connectivity index (χ3n) is 2.57. The van der Waals surface area contributed by atoms with E-state index >= 15 is 0 Å². The lowest BCUT2D eigenvalue weighted by molar-refractivity contribution is -0.119. The van der Waals surface area contributed by atoms with Crippen molar-refractivity contribution in [1.29, 1.82) is 0 Å². The fourth-order valence-electron chi connectivity index (χ4n) is 1.61. The van der Waals surface area contributed by atoms with E-state index in [1.165, 1.54) is 11.9 Å². The van der Waals surface area contributed by atoms with Crippen LogP contribution in [0.25, 0.3) is 0 Å². The van der Waals surface area contributed by atoms with Gasteiger partial charge in [-0.15, -0.1) is 11.8 Å². The maximum Gasteiger partial charge on any atom is 0.230 e. The summed E-state index contributed by atoms with van der Waals surface area (Å²) in [7, 11) is 0. The smallest absolute Gasteiger partial charge is 0.230 e. The quantitative estimate of drug-likeness (QED) is 0.845. The van der Waals surface area contributed by atoms with Crippen LogP contribution in [-0.4, -0.2) is 26.8 Å². The van der Waals surface area contributed by atoms with E-state index in [1.54, 1.807) is 11.8 Å². The van der Waals surface area contributed by atoms with Crippen LogP contribution in [0.4, 0.5) is 0 Å². The number of aromatic nitrogens is 3. The maximum atomic E-state index is 11.7. The second-order valence-corrected chi connectivity index (χ2v) is 5.12. The summed E-state index contributed by atoms with van der Waals surface area (Å²) in [6, 6.07) is 9.96. The van der Waals surface area contributed by atoms with Crippen LogP contribution in [0, 0.1) is 0 Å². The molecule has 1 unspecified atom stereocenters. The number of rotatable bonds is 6. The zero-order valence-electron chi connectivity index (χ0n) is 10.7. The standard InChI is InChI=1S/C13H16N4OS/c1-10(13-14-9-15-17-13)16-12(18)8-19-7-11-5-3-2-4-6-11/h2-6,9-10H,7-8H2,1H3,(H,16,18)(H,14,15,17). The molecule has 0 saturated carbocycles. The second-order valence-electron chi connectivity index (χ2n) is 4.14. The first kappa shape index (κ1) is 13.6. The van der Waals surface area contributed by atoms with Crippen molar-refractivity contribution in [3.63, 3.8) is 0 Å². The summed E-state index contributed by atoms with van der Waals surface area (Å²) in [5, 5.41) is 9.38. The molecule has 2 N–H and O–H groups in total. The lowest BCUT2D eigenvalue weighted by Crippen LogP contribution is -2.28. The van der Waals surface area contributed by atoms with E-state index in [2.05, 4.69) is 32.6 Å². The maximum absolute atomic E-state index is 11.7. The van der Waals surface area contributed by atoms with Gasteiger partial charge in [0.25, 0.3) is 0 Å². The highest BCUT2D eigenvalue weighted by Gasteiger charge is 2.11. The molecule has 1 atom stereocenters. The Morgan fingerprint density at radius 3 is 2.89 bits per heavy atom. The first-order valence-electron chi connectivity index (χ1n) is 6.02. The van der Waals surface area contributed by atoms with Crippen LogP contribution in [0.3, 0.4) is 0 Å². The Kier molecular flexibility index (Phi) is 4.97. The van der Waals surface area contributed by atoms with E-state index in [0.29, 0.717) is 11.6 Å². The number of nitrogens with one attached hydrogen (secondary N) is 2. The van der Waals surface area contributed by atoms with E-state index in [9.17, 15) is 4.79 Å². The zero-order chi connectivity index (χ0) is 13.5. The Morgan fingerprint density at radius 2 is 2.21 bits per heavy atom. The summed E-state index contributed by atoms with van der Waals surface area (Å²) >= 11 is 1.60. The van der Waals surface area contributed by atoms with Crippen LogP contribution < -0.4 is 5.32 Å². The molecule has 0 saturated heterocycles. The van der Waals surface area contributed by atoms with Gasteiger partial charge in [0, 0.05) is 5.75 Å². The summed E-state index contributed by atoms with van der Waals surface area (Å²) in [5.41, 5.74) is 1.23. The molecule has 1 aromatic heterocycles. The molecule has 6 heteroatoms. The first-order chi connectivity index (χ1) is 9.25. The Hall–Kier alpha value is -1.82. The van der Waals surface area contributed by atoms with Gasteiger partial charge in [0.1, 0.15) is 12.2 Å². The van der Waals surface area contributed by atoms with Crippen LogP contribution in [0.15, 0.2) is 36.7 Å². The highest BCUT2D eigenvalue weighted by molar-refractivity contribution is 7.99. The summed E-state index contributed by atoms with van der Waals surface area (Å²) in [4.78, 5) is 15.8. The van der Waals surface area contributed by atoms with Gasteiger partial charge in [-0.1, -0.05) is 30.3 Å². The number of benzene rings is 1. The molecule has 0 fully saturated rings. The molecule has 1 amide bonds. The minimum absolute atomic E-state index is 0.00447. The molecule has 5 nitrogen and oxygen atoms in total. The molecule has 2 rings (SSSR count). The zero-order valence-corrected chi connectivity index (χ0v) is 11.5. The predicted molar refractivity (Wildman–Crippen MR) is 75.5 cm³/mol. The minimum Gasteiger partial charge on any atom is -0.346 e. The van der Waals surface area contributed by atoms with Gasteiger partial charge in [0.15, 0.2) is 0 Å². The third kappa shape index (κ3) is 4.40. The van der Waals surface area contributed by atoms with Gasteiger partial charge in [-0.3, -0.25) is 9.89 Å². The number of hydrogen-bond acceptors (Lipinski definition) is 4. The van der Waals surface area contributed by atoms with Crippen molar-refractivity contribution in [3.05, 3.63) is 48.0 Å². The van der Waals surface area contributed by atoms with E-state index in [4.69, 9.17) is 0 Å². The molecule has 19 heavy (non-hydrogen) atoms. The number of thioether (sulfide) groups is 1. The number of aromatic amines is 1. The lowest BCUT2D eigenvalue weighted by atomic mass is 10.2. The van der Waals surface area contributed by atoms with Crippen LogP contribution in [0.5, 0.6) is 0 Å². The molecular weight excluding hydrogens is 260 g/mol. The summed E-state index contributed by atoms with van der Waals surface area (Å²) in [5.74, 6) is 1.95. The van der Waals surface area contributed by atoms with E-state index < -0.39 is 0 Å². The van der Waals surface area contributed by atoms with Crippen LogP contribution in [-0.2, 0) is 10.5 Å². The van der Waals surface area contributed by atoms with Crippen molar-refractivity contribution in [1.82, 2.24) is 20.5 Å². The average molecular weight is 276 g/mol. The lowest BCUT2D eigenvalue weighted by Gasteiger charge is -2.10. The van der Waals surface area contributed by atoms with Gasteiger partial charge in [-0.05, 0) is 12.5 Å². The monoisotopic (exact) mass is 276 g/mol. The van der Waals surface area contributed by atoms with E-state index in [0.717, 1.165) is 5.75 Å². The van der Waals surface area contributed by atoms with Crippen molar-refractivity contribution in [2.24, 2.45) is 0 Å². The van der Waals surface area contributed by atoms with Crippen molar-refractivity contribution in [3.8, 4) is 0 Å². The molecule has 0 aliphatic carbocycles. The topological polar surface area (TPSA) is 70.7 Å². The van der Waals surface area contributed by atoms with E-state index in [1.807, 2.05) is 25.1 Å². The number of amides is 1. The third-order valence-corrected chi connectivity index (χ3v) is 3.57. The molecule has 100 valence electrons. The van der Waals surface area contributed by atoms with Gasteiger partial charge in [0.2, 0.25) is 5.91 Å². The Morgan fingerprint density at radius 1 is 1.42 bits per heavy atom. The molecule has 1 aromatic carbocycles. The van der Waals surface area contributed by atoms with Crippen LogP contribution in [0.1, 0.15) is 24.4 Å². The Balaban J connectivity index is 1.70. The molecule has 0 radical (unpaired) electrons. The molecule has 0 spiro atoms. The highest BCUT2D eigenvalue weighted by atomic mass is 32.2. The van der Waals surface area contributed by atoms with Crippen molar-refractivity contribution >= 4 is 17.7 Å². The molecule has 0 aliphatic rings. The Labute approximate surface area is 116 Å². The Bertz CT molecular complexity index is 501. The summed E-state index contributed by atoms with van der Waals surface area (Å²) < 4.78 is 0.